The number of benzene rings is 2. The van der Waals surface area contributed by atoms with Gasteiger partial charge in [-0.05, 0) is 24.3 Å². The average Bonchev–Trinajstić information content (AvgIpc) is 3.59. The van der Waals surface area contributed by atoms with E-state index in [9.17, 15) is 14.7 Å². The first-order valence-electron chi connectivity index (χ1n) is 11.3. The predicted octanol–water partition coefficient (Wildman–Crippen LogP) is 2.39. The van der Waals surface area contributed by atoms with Crippen LogP contribution in [0.25, 0.3) is 33.6 Å². The Morgan fingerprint density at radius 2 is 1.86 bits per heavy atom. The van der Waals surface area contributed by atoms with Crippen LogP contribution < -0.4 is 10.6 Å². The minimum absolute atomic E-state index is 0.0223. The molecule has 5 aromatic rings. The van der Waals surface area contributed by atoms with E-state index >= 15 is 0 Å². The van der Waals surface area contributed by atoms with E-state index in [1.54, 1.807) is 33.8 Å². The Labute approximate surface area is 203 Å². The number of aromatic nitrogens is 5. The van der Waals surface area contributed by atoms with Crippen molar-refractivity contribution in [2.75, 3.05) is 31.1 Å². The van der Waals surface area contributed by atoms with Gasteiger partial charge in [-0.1, -0.05) is 18.2 Å². The molecule has 1 amide bonds. The summed E-state index contributed by atoms with van der Waals surface area (Å²) in [6, 6.07) is 12.7. The number of carbonyl (C=O) groups excluding carboxylic acids is 1. The van der Waals surface area contributed by atoms with Crippen LogP contribution >= 0.6 is 11.3 Å². The van der Waals surface area contributed by atoms with Gasteiger partial charge in [0.25, 0.3) is 0 Å². The van der Waals surface area contributed by atoms with Crippen LogP contribution in [-0.4, -0.2) is 66.2 Å². The number of phenolic OH excluding ortho intramolecular Hbond substituents is 1. The maximum Gasteiger partial charge on any atom is 0.329 e. The molecule has 0 saturated carbocycles. The van der Waals surface area contributed by atoms with Crippen LogP contribution in [0.1, 0.15) is 0 Å². The zero-order chi connectivity index (χ0) is 24.1. The number of aromatic hydroxyl groups is 1. The summed E-state index contributed by atoms with van der Waals surface area (Å²) >= 11 is 1.52. The van der Waals surface area contributed by atoms with Crippen molar-refractivity contribution in [1.29, 1.82) is 0 Å². The number of anilines is 1. The molecule has 178 valence electrons. The summed E-state index contributed by atoms with van der Waals surface area (Å²) in [7, 11) is 1.72. The zero-order valence-corrected chi connectivity index (χ0v) is 19.8. The first kappa shape index (κ1) is 21.4. The Hall–Kier alpha value is -4.12. The van der Waals surface area contributed by atoms with Gasteiger partial charge in [0, 0.05) is 33.2 Å². The Balaban J connectivity index is 1.18. The van der Waals surface area contributed by atoms with Crippen molar-refractivity contribution in [3.63, 3.8) is 0 Å². The van der Waals surface area contributed by atoms with E-state index in [-0.39, 0.29) is 23.9 Å². The smallest absolute Gasteiger partial charge is 0.329 e. The van der Waals surface area contributed by atoms with Crippen LogP contribution in [0.4, 0.5) is 5.00 Å². The van der Waals surface area contributed by atoms with Gasteiger partial charge in [0.15, 0.2) is 5.82 Å². The summed E-state index contributed by atoms with van der Waals surface area (Å²) in [5.41, 5.74) is 5.16. The van der Waals surface area contributed by atoms with E-state index < -0.39 is 0 Å². The fraction of sp³-hybridized carbons (Fsp3) is 0.250. The Morgan fingerprint density at radius 3 is 2.63 bits per heavy atom. The van der Waals surface area contributed by atoms with E-state index in [0.717, 1.165) is 27.2 Å². The number of nitrogens with zero attached hydrogens (tertiary/aromatic N) is 6. The first-order valence-corrected chi connectivity index (χ1v) is 12.2. The fourth-order valence-electron chi connectivity index (χ4n) is 4.67. The van der Waals surface area contributed by atoms with Crippen molar-refractivity contribution in [3.8, 4) is 17.3 Å². The van der Waals surface area contributed by atoms with Gasteiger partial charge in [0.2, 0.25) is 5.91 Å². The van der Waals surface area contributed by atoms with Crippen molar-refractivity contribution in [3.05, 3.63) is 58.5 Å². The lowest BCUT2D eigenvalue weighted by atomic mass is 10.3. The summed E-state index contributed by atoms with van der Waals surface area (Å²) in [6.07, 6.45) is 0. The van der Waals surface area contributed by atoms with Crippen LogP contribution in [0.5, 0.6) is 5.75 Å². The van der Waals surface area contributed by atoms with E-state index in [4.69, 9.17) is 0 Å². The number of hydrogen-bond donors (Lipinski definition) is 2. The van der Waals surface area contributed by atoms with Crippen molar-refractivity contribution < 1.29 is 9.90 Å². The van der Waals surface area contributed by atoms with Crippen LogP contribution in [0.3, 0.4) is 0 Å². The largest absolute Gasteiger partial charge is 0.506 e. The summed E-state index contributed by atoms with van der Waals surface area (Å²) < 4.78 is 3.12. The van der Waals surface area contributed by atoms with Gasteiger partial charge in [-0.25, -0.2) is 14.8 Å². The fourth-order valence-corrected chi connectivity index (χ4v) is 5.52. The Bertz CT molecular complexity index is 1620. The van der Waals surface area contributed by atoms with E-state index in [2.05, 4.69) is 19.9 Å². The van der Waals surface area contributed by atoms with Gasteiger partial charge in [0.1, 0.15) is 28.5 Å². The number of thiazole rings is 1. The lowest BCUT2D eigenvalue weighted by Gasteiger charge is -2.35. The molecule has 2 aromatic carbocycles. The molecule has 4 heterocycles. The number of fused-ring (bicyclic) bond motifs is 2. The molecule has 0 unspecified atom stereocenters. The molecule has 35 heavy (non-hydrogen) atoms. The quantitative estimate of drug-likeness (QED) is 0.401. The lowest BCUT2D eigenvalue weighted by molar-refractivity contribution is -0.132. The highest BCUT2D eigenvalue weighted by Crippen LogP contribution is 2.35. The third-order valence-corrected chi connectivity index (χ3v) is 7.41. The minimum Gasteiger partial charge on any atom is -0.506 e. The molecular formula is C24H23N7O3S. The van der Waals surface area contributed by atoms with E-state index in [0.29, 0.717) is 37.5 Å². The maximum absolute atomic E-state index is 13.1. The molecular weight excluding hydrogens is 466 g/mol. The number of carbonyl (C=O) groups is 1. The second kappa shape index (κ2) is 8.27. The van der Waals surface area contributed by atoms with Gasteiger partial charge < -0.3 is 19.9 Å². The zero-order valence-electron chi connectivity index (χ0n) is 19.0. The summed E-state index contributed by atoms with van der Waals surface area (Å²) in [6.45, 7) is 2.43. The molecule has 0 spiro atoms. The first-order chi connectivity index (χ1) is 17.0. The Morgan fingerprint density at radius 1 is 1.09 bits per heavy atom. The molecule has 10 nitrogen and oxygen atoms in total. The SMILES string of the molecule is Cn1c(=O)n(CC(=O)N2CCN(c3scnc3-c3nc4c(O)cccc4[nH]3)CC2)c2ccccc21. The minimum atomic E-state index is -0.190. The molecule has 2 N–H and O–H groups in total. The summed E-state index contributed by atoms with van der Waals surface area (Å²) in [4.78, 5) is 42.1. The molecule has 0 bridgehead atoms. The van der Waals surface area contributed by atoms with Gasteiger partial charge in [0.05, 0.1) is 22.1 Å². The van der Waals surface area contributed by atoms with Gasteiger partial charge >= 0.3 is 5.69 Å². The number of imidazole rings is 2. The van der Waals surface area contributed by atoms with Crippen molar-refractivity contribution in [1.82, 2.24) is 29.0 Å². The molecule has 1 aliphatic rings. The van der Waals surface area contributed by atoms with Crippen molar-refractivity contribution in [2.45, 2.75) is 6.54 Å². The molecule has 0 atom stereocenters. The molecule has 0 aliphatic carbocycles. The lowest BCUT2D eigenvalue weighted by Crippen LogP contribution is -2.50. The van der Waals surface area contributed by atoms with Crippen molar-refractivity contribution in [2.24, 2.45) is 7.05 Å². The number of rotatable bonds is 4. The number of aromatic amines is 1. The third kappa shape index (κ3) is 3.55. The highest BCUT2D eigenvalue weighted by atomic mass is 32.1. The molecule has 0 radical (unpaired) electrons. The standard InChI is InChI=1S/C24H23N7O3S/c1-28-16-6-2-3-7-17(16)31(24(28)34)13-19(33)29-9-11-30(12-10-29)23-21(25-14-35-23)22-26-15-5-4-8-18(32)20(15)27-22/h2-8,14,32H,9-13H2,1H3,(H,26,27). The van der Waals surface area contributed by atoms with Gasteiger partial charge in [-0.3, -0.25) is 13.9 Å². The molecule has 3 aromatic heterocycles. The molecule has 1 saturated heterocycles. The number of H-pyrrole nitrogens is 1. The second-order valence-corrected chi connectivity index (χ2v) is 9.38. The van der Waals surface area contributed by atoms with Crippen LogP contribution in [0, 0.1) is 0 Å². The van der Waals surface area contributed by atoms with Crippen LogP contribution in [0.15, 0.2) is 52.8 Å². The Kier molecular flexibility index (Phi) is 5.06. The molecule has 11 heteroatoms. The third-order valence-electron chi connectivity index (χ3n) is 6.53. The molecule has 1 fully saturated rings. The number of para-hydroxylation sites is 3. The molecule has 6 rings (SSSR count). The van der Waals surface area contributed by atoms with Gasteiger partial charge in [-0.15, -0.1) is 11.3 Å². The predicted molar refractivity (Wildman–Crippen MR) is 135 cm³/mol. The monoisotopic (exact) mass is 489 g/mol. The number of amides is 1. The highest BCUT2D eigenvalue weighted by molar-refractivity contribution is 7.14. The summed E-state index contributed by atoms with van der Waals surface area (Å²) in [5, 5.41) is 11.1. The van der Waals surface area contributed by atoms with Crippen molar-refractivity contribution >= 4 is 44.3 Å². The van der Waals surface area contributed by atoms with Gasteiger partial charge in [-0.2, -0.15) is 0 Å². The summed E-state index contributed by atoms with van der Waals surface area (Å²) in [5.74, 6) is 0.659. The topological polar surface area (TPSA) is 112 Å². The number of nitrogens with one attached hydrogen (secondary N) is 1. The number of aryl methyl sites for hydroxylation is 1. The average molecular weight is 490 g/mol. The molecule has 1 aliphatic heterocycles. The highest BCUT2D eigenvalue weighted by Gasteiger charge is 2.26. The number of hydrogen-bond acceptors (Lipinski definition) is 7. The van der Waals surface area contributed by atoms with E-state index in [1.807, 2.05) is 35.2 Å². The number of phenols is 1. The maximum atomic E-state index is 13.1. The van der Waals surface area contributed by atoms with E-state index in [1.165, 1.54) is 11.3 Å². The van der Waals surface area contributed by atoms with Crippen LogP contribution in [0.2, 0.25) is 0 Å². The normalized spacial score (nSPS) is 14.3. The van der Waals surface area contributed by atoms with Crippen LogP contribution in [-0.2, 0) is 18.4 Å². The second-order valence-electron chi connectivity index (χ2n) is 8.55. The number of piperazine rings is 1.